The second kappa shape index (κ2) is 9.22. The molecule has 0 saturated carbocycles. The number of aromatic nitrogens is 1. The lowest BCUT2D eigenvalue weighted by molar-refractivity contribution is -0.116. The molecule has 0 fully saturated rings. The quantitative estimate of drug-likeness (QED) is 0.758. The Kier molecular flexibility index (Phi) is 8.00. The minimum absolute atomic E-state index is 0.0426. The molecule has 0 aliphatic rings. The van der Waals surface area contributed by atoms with Gasteiger partial charge in [0.2, 0.25) is 5.91 Å². The van der Waals surface area contributed by atoms with Crippen LogP contribution in [-0.4, -0.2) is 49.0 Å². The van der Waals surface area contributed by atoms with Crippen LogP contribution in [0.4, 0.5) is 5.13 Å². The smallest absolute Gasteiger partial charge is 0.225 e. The molecule has 6 heteroatoms. The molecule has 1 N–H and O–H groups in total. The Labute approximate surface area is 138 Å². The van der Waals surface area contributed by atoms with Crippen LogP contribution in [0, 0.1) is 5.92 Å². The highest BCUT2D eigenvalue weighted by atomic mass is 32.1. The van der Waals surface area contributed by atoms with E-state index >= 15 is 0 Å². The minimum Gasteiger partial charge on any atom is -0.310 e. The van der Waals surface area contributed by atoms with Gasteiger partial charge in [0.1, 0.15) is 0 Å². The predicted molar refractivity (Wildman–Crippen MR) is 94.5 cm³/mol. The van der Waals surface area contributed by atoms with E-state index in [1.54, 1.807) is 11.8 Å². The topological polar surface area (TPSA) is 48.5 Å². The summed E-state index contributed by atoms with van der Waals surface area (Å²) in [5.41, 5.74) is 1.00. The summed E-state index contributed by atoms with van der Waals surface area (Å²) in [6, 6.07) is 0.530. The van der Waals surface area contributed by atoms with E-state index in [2.05, 4.69) is 43.1 Å². The summed E-state index contributed by atoms with van der Waals surface area (Å²) in [6.07, 6.45) is 1.18. The number of carbonyl (C=O) groups is 1. The molecule has 1 rings (SSSR count). The Morgan fingerprint density at radius 3 is 2.59 bits per heavy atom. The Bertz CT molecular complexity index is 459. The first-order chi connectivity index (χ1) is 10.3. The number of nitrogens with one attached hydrogen (secondary N) is 1. The van der Waals surface area contributed by atoms with E-state index in [1.807, 2.05) is 12.3 Å². The van der Waals surface area contributed by atoms with Crippen LogP contribution in [0.3, 0.4) is 0 Å². The molecule has 0 bridgehead atoms. The van der Waals surface area contributed by atoms with Crippen molar-refractivity contribution in [2.75, 3.05) is 32.1 Å². The van der Waals surface area contributed by atoms with Gasteiger partial charge < -0.3 is 10.2 Å². The van der Waals surface area contributed by atoms with E-state index in [4.69, 9.17) is 0 Å². The lowest BCUT2D eigenvalue weighted by Crippen LogP contribution is -2.38. The summed E-state index contributed by atoms with van der Waals surface area (Å²) in [7, 11) is 4.25. The highest BCUT2D eigenvalue weighted by Crippen LogP contribution is 2.20. The molecule has 0 aromatic carbocycles. The van der Waals surface area contributed by atoms with Gasteiger partial charge in [0.05, 0.1) is 5.69 Å². The molecule has 0 radical (unpaired) electrons. The third kappa shape index (κ3) is 6.02. The molecule has 5 nitrogen and oxygen atoms in total. The number of hydrogen-bond acceptors (Lipinski definition) is 5. The Hall–Kier alpha value is -0.980. The Morgan fingerprint density at radius 1 is 1.41 bits per heavy atom. The SMILES string of the molecule is CCN(C(C)=O)c1nc(CNCC(CC(C)C)N(C)C)cs1. The van der Waals surface area contributed by atoms with Crippen molar-refractivity contribution in [3.63, 3.8) is 0 Å². The third-order valence-electron chi connectivity index (χ3n) is 3.63. The molecule has 0 spiro atoms. The first kappa shape index (κ1) is 19.1. The average molecular weight is 327 g/mol. The summed E-state index contributed by atoms with van der Waals surface area (Å²) in [4.78, 5) is 20.1. The lowest BCUT2D eigenvalue weighted by atomic mass is 10.0. The van der Waals surface area contributed by atoms with E-state index in [0.29, 0.717) is 18.5 Å². The van der Waals surface area contributed by atoms with Gasteiger partial charge in [-0.25, -0.2) is 4.98 Å². The second-order valence-corrected chi connectivity index (χ2v) is 7.10. The maximum absolute atomic E-state index is 11.5. The van der Waals surface area contributed by atoms with E-state index in [0.717, 1.165) is 23.9 Å². The van der Waals surface area contributed by atoms with Gasteiger partial charge in [0, 0.05) is 38.0 Å². The largest absolute Gasteiger partial charge is 0.310 e. The van der Waals surface area contributed by atoms with Gasteiger partial charge in [-0.15, -0.1) is 11.3 Å². The number of anilines is 1. The number of likely N-dealkylation sites (N-methyl/N-ethyl adjacent to an activating group) is 1. The van der Waals surface area contributed by atoms with Crippen molar-refractivity contribution >= 4 is 22.4 Å². The fourth-order valence-corrected chi connectivity index (χ4v) is 3.31. The molecule has 0 aliphatic heterocycles. The predicted octanol–water partition coefficient (Wildman–Crippen LogP) is 2.58. The van der Waals surface area contributed by atoms with Crippen LogP contribution >= 0.6 is 11.3 Å². The summed E-state index contributed by atoms with van der Waals surface area (Å²) < 4.78 is 0. The van der Waals surface area contributed by atoms with Crippen LogP contribution < -0.4 is 10.2 Å². The summed E-state index contributed by atoms with van der Waals surface area (Å²) >= 11 is 1.53. The number of nitrogens with zero attached hydrogens (tertiary/aromatic N) is 3. The summed E-state index contributed by atoms with van der Waals surface area (Å²) in [6.45, 7) is 10.4. The zero-order chi connectivity index (χ0) is 16.7. The zero-order valence-corrected chi connectivity index (χ0v) is 15.5. The second-order valence-electron chi connectivity index (χ2n) is 6.26. The highest BCUT2D eigenvalue weighted by molar-refractivity contribution is 7.14. The average Bonchev–Trinajstić information content (AvgIpc) is 2.86. The Balaban J connectivity index is 2.51. The minimum atomic E-state index is 0.0426. The maximum atomic E-state index is 11.5. The van der Waals surface area contributed by atoms with Gasteiger partial charge in [-0.05, 0) is 33.4 Å². The van der Waals surface area contributed by atoms with E-state index in [1.165, 1.54) is 17.8 Å². The Morgan fingerprint density at radius 2 is 2.09 bits per heavy atom. The van der Waals surface area contributed by atoms with Crippen molar-refractivity contribution in [3.8, 4) is 0 Å². The van der Waals surface area contributed by atoms with Crippen molar-refractivity contribution in [2.24, 2.45) is 5.92 Å². The van der Waals surface area contributed by atoms with Crippen molar-refractivity contribution in [2.45, 2.75) is 46.7 Å². The van der Waals surface area contributed by atoms with Gasteiger partial charge in [-0.1, -0.05) is 13.8 Å². The molecule has 0 aliphatic carbocycles. The molecule has 1 aromatic heterocycles. The van der Waals surface area contributed by atoms with Gasteiger partial charge in [-0.2, -0.15) is 0 Å². The molecule has 1 heterocycles. The maximum Gasteiger partial charge on any atom is 0.225 e. The fraction of sp³-hybridized carbons (Fsp3) is 0.750. The summed E-state index contributed by atoms with van der Waals surface area (Å²) in [5.74, 6) is 0.731. The molecular weight excluding hydrogens is 296 g/mol. The molecule has 1 atom stereocenters. The number of thiazole rings is 1. The number of amides is 1. The first-order valence-electron chi connectivity index (χ1n) is 7.94. The highest BCUT2D eigenvalue weighted by Gasteiger charge is 2.15. The summed E-state index contributed by atoms with van der Waals surface area (Å²) in [5, 5.41) is 6.31. The lowest BCUT2D eigenvalue weighted by Gasteiger charge is -2.26. The normalized spacial score (nSPS) is 12.9. The van der Waals surface area contributed by atoms with Crippen molar-refractivity contribution in [1.82, 2.24) is 15.2 Å². The molecule has 126 valence electrons. The van der Waals surface area contributed by atoms with Crippen molar-refractivity contribution in [3.05, 3.63) is 11.1 Å². The van der Waals surface area contributed by atoms with E-state index in [-0.39, 0.29) is 5.91 Å². The van der Waals surface area contributed by atoms with Gasteiger partial charge in [0.25, 0.3) is 0 Å². The van der Waals surface area contributed by atoms with Gasteiger partial charge >= 0.3 is 0 Å². The molecule has 1 unspecified atom stereocenters. The van der Waals surface area contributed by atoms with Crippen LogP contribution in [0.25, 0.3) is 0 Å². The van der Waals surface area contributed by atoms with Crippen LogP contribution in [-0.2, 0) is 11.3 Å². The van der Waals surface area contributed by atoms with Crippen LogP contribution in [0.5, 0.6) is 0 Å². The van der Waals surface area contributed by atoms with E-state index < -0.39 is 0 Å². The van der Waals surface area contributed by atoms with Crippen molar-refractivity contribution < 1.29 is 4.79 Å². The van der Waals surface area contributed by atoms with Crippen LogP contribution in [0.15, 0.2) is 5.38 Å². The molecule has 0 saturated heterocycles. The molecule has 22 heavy (non-hydrogen) atoms. The fourth-order valence-electron chi connectivity index (χ4n) is 2.38. The molecular formula is C16H30N4OS. The monoisotopic (exact) mass is 326 g/mol. The number of hydrogen-bond donors (Lipinski definition) is 1. The number of carbonyl (C=O) groups excluding carboxylic acids is 1. The zero-order valence-electron chi connectivity index (χ0n) is 14.7. The first-order valence-corrected chi connectivity index (χ1v) is 8.82. The third-order valence-corrected chi connectivity index (χ3v) is 4.54. The standard InChI is InChI=1S/C16H30N4OS/c1-7-20(13(4)21)16-18-14(11-22-16)9-17-10-15(19(5)6)8-12(2)3/h11-12,15,17H,7-10H2,1-6H3. The van der Waals surface area contributed by atoms with Gasteiger partial charge in [-0.3, -0.25) is 9.69 Å². The molecule has 1 aromatic rings. The van der Waals surface area contributed by atoms with Gasteiger partial charge in [0.15, 0.2) is 5.13 Å². The van der Waals surface area contributed by atoms with Crippen LogP contribution in [0.2, 0.25) is 0 Å². The van der Waals surface area contributed by atoms with Crippen molar-refractivity contribution in [1.29, 1.82) is 0 Å². The van der Waals surface area contributed by atoms with Crippen LogP contribution in [0.1, 0.15) is 39.8 Å². The molecule has 1 amide bonds. The van der Waals surface area contributed by atoms with E-state index in [9.17, 15) is 4.79 Å². The number of rotatable bonds is 9.